The minimum Gasteiger partial charge on any atom is -0.389 e. The Kier molecular flexibility index (Phi) is 3.95. The standard InChI is InChI=1S/C15H20BrNO2S/c1-10-8-12(20-13(10)16)14(18)17-7-6-15(19)5-3-2-4-11(15)9-17/h8,11,19H,2-7,9H2,1H3. The summed E-state index contributed by atoms with van der Waals surface area (Å²) in [5.74, 6) is 0.384. The van der Waals surface area contributed by atoms with Crippen molar-refractivity contribution in [2.24, 2.45) is 5.92 Å². The van der Waals surface area contributed by atoms with Crippen LogP contribution in [0.2, 0.25) is 0 Å². The molecule has 2 fully saturated rings. The lowest BCUT2D eigenvalue weighted by Crippen LogP contribution is -2.54. The van der Waals surface area contributed by atoms with Crippen molar-refractivity contribution in [3.05, 3.63) is 20.3 Å². The number of hydrogen-bond donors (Lipinski definition) is 1. The van der Waals surface area contributed by atoms with Crippen LogP contribution in [0.15, 0.2) is 9.85 Å². The number of carbonyl (C=O) groups is 1. The third-order valence-corrected chi connectivity index (χ3v) is 6.91. The SMILES string of the molecule is Cc1cc(C(=O)N2CCC3(O)CCCCC3C2)sc1Br. The highest BCUT2D eigenvalue weighted by Gasteiger charge is 2.43. The van der Waals surface area contributed by atoms with Crippen molar-refractivity contribution in [3.63, 3.8) is 0 Å². The van der Waals surface area contributed by atoms with E-state index in [4.69, 9.17) is 0 Å². The van der Waals surface area contributed by atoms with Crippen LogP contribution in [0, 0.1) is 12.8 Å². The molecule has 3 nitrogen and oxygen atoms in total. The number of fused-ring (bicyclic) bond motifs is 1. The molecule has 3 rings (SSSR count). The van der Waals surface area contributed by atoms with Gasteiger partial charge in [0.15, 0.2) is 0 Å². The van der Waals surface area contributed by atoms with Crippen molar-refractivity contribution in [1.82, 2.24) is 4.90 Å². The lowest BCUT2D eigenvalue weighted by atomic mass is 9.71. The number of piperidine rings is 1. The Labute approximate surface area is 132 Å². The van der Waals surface area contributed by atoms with Gasteiger partial charge in [0.1, 0.15) is 0 Å². The summed E-state index contributed by atoms with van der Waals surface area (Å²) in [5.41, 5.74) is 0.602. The molecule has 1 saturated heterocycles. The minimum absolute atomic E-state index is 0.122. The van der Waals surface area contributed by atoms with Gasteiger partial charge in [-0.15, -0.1) is 11.3 Å². The first-order valence-electron chi connectivity index (χ1n) is 7.27. The fraction of sp³-hybridized carbons (Fsp3) is 0.667. The van der Waals surface area contributed by atoms with E-state index >= 15 is 0 Å². The number of nitrogens with zero attached hydrogens (tertiary/aromatic N) is 1. The van der Waals surface area contributed by atoms with Crippen LogP contribution in [-0.4, -0.2) is 34.6 Å². The Bertz CT molecular complexity index is 510. The largest absolute Gasteiger partial charge is 0.389 e. The molecule has 1 saturated carbocycles. The zero-order valence-electron chi connectivity index (χ0n) is 11.7. The number of halogens is 1. The molecule has 5 heteroatoms. The van der Waals surface area contributed by atoms with Gasteiger partial charge in [0.25, 0.3) is 5.91 Å². The number of aliphatic hydroxyl groups is 1. The van der Waals surface area contributed by atoms with Crippen LogP contribution in [0.1, 0.15) is 47.3 Å². The van der Waals surface area contributed by atoms with Crippen molar-refractivity contribution in [3.8, 4) is 0 Å². The van der Waals surface area contributed by atoms with E-state index in [9.17, 15) is 9.90 Å². The first-order valence-corrected chi connectivity index (χ1v) is 8.88. The first-order chi connectivity index (χ1) is 9.49. The normalized spacial score (nSPS) is 30.1. The maximum absolute atomic E-state index is 12.6. The molecule has 1 aliphatic heterocycles. The fourth-order valence-corrected chi connectivity index (χ4v) is 4.98. The quantitative estimate of drug-likeness (QED) is 0.834. The van der Waals surface area contributed by atoms with Gasteiger partial charge >= 0.3 is 0 Å². The van der Waals surface area contributed by atoms with Gasteiger partial charge in [-0.3, -0.25) is 4.79 Å². The number of hydrogen-bond acceptors (Lipinski definition) is 3. The van der Waals surface area contributed by atoms with Crippen molar-refractivity contribution < 1.29 is 9.90 Å². The van der Waals surface area contributed by atoms with E-state index in [1.807, 2.05) is 17.9 Å². The number of thiophene rings is 1. The van der Waals surface area contributed by atoms with E-state index in [-0.39, 0.29) is 11.8 Å². The molecule has 0 radical (unpaired) electrons. The van der Waals surface area contributed by atoms with Crippen LogP contribution in [-0.2, 0) is 0 Å². The number of carbonyl (C=O) groups excluding carboxylic acids is 1. The lowest BCUT2D eigenvalue weighted by Gasteiger charge is -2.47. The molecule has 2 atom stereocenters. The highest BCUT2D eigenvalue weighted by molar-refractivity contribution is 9.11. The van der Waals surface area contributed by atoms with Gasteiger partial charge in [-0.1, -0.05) is 12.8 Å². The van der Waals surface area contributed by atoms with E-state index in [1.54, 1.807) is 0 Å². The summed E-state index contributed by atoms with van der Waals surface area (Å²) in [6.45, 7) is 3.40. The van der Waals surface area contributed by atoms with Gasteiger partial charge in [0, 0.05) is 19.0 Å². The van der Waals surface area contributed by atoms with E-state index in [2.05, 4.69) is 15.9 Å². The topological polar surface area (TPSA) is 40.5 Å². The van der Waals surface area contributed by atoms with Crippen molar-refractivity contribution in [2.45, 2.75) is 44.6 Å². The van der Waals surface area contributed by atoms with E-state index in [0.717, 1.165) is 39.9 Å². The van der Waals surface area contributed by atoms with E-state index < -0.39 is 5.60 Å². The van der Waals surface area contributed by atoms with Gasteiger partial charge < -0.3 is 10.0 Å². The third kappa shape index (κ3) is 2.55. The third-order valence-electron chi connectivity index (χ3n) is 4.78. The Morgan fingerprint density at radius 1 is 1.50 bits per heavy atom. The number of rotatable bonds is 1. The summed E-state index contributed by atoms with van der Waals surface area (Å²) in [4.78, 5) is 15.3. The van der Waals surface area contributed by atoms with Crippen molar-refractivity contribution >= 4 is 33.2 Å². The highest BCUT2D eigenvalue weighted by Crippen LogP contribution is 2.40. The molecule has 1 aromatic rings. The van der Waals surface area contributed by atoms with Gasteiger partial charge in [0.05, 0.1) is 14.3 Å². The molecule has 2 aliphatic rings. The molecule has 1 amide bonds. The molecule has 1 N–H and O–H groups in total. The Morgan fingerprint density at radius 2 is 2.30 bits per heavy atom. The zero-order valence-corrected chi connectivity index (χ0v) is 14.1. The second-order valence-electron chi connectivity index (χ2n) is 6.11. The molecule has 1 aliphatic carbocycles. The number of likely N-dealkylation sites (tertiary alicyclic amines) is 1. The maximum Gasteiger partial charge on any atom is 0.263 e. The lowest BCUT2D eigenvalue weighted by molar-refractivity contribution is -0.0885. The Hall–Kier alpha value is -0.390. The summed E-state index contributed by atoms with van der Waals surface area (Å²) in [7, 11) is 0. The maximum atomic E-state index is 12.6. The first kappa shape index (κ1) is 14.5. The molecule has 0 spiro atoms. The van der Waals surface area contributed by atoms with Crippen molar-refractivity contribution in [1.29, 1.82) is 0 Å². The molecule has 2 heterocycles. The summed E-state index contributed by atoms with van der Waals surface area (Å²) in [5, 5.41) is 10.7. The van der Waals surface area contributed by atoms with Crippen LogP contribution in [0.4, 0.5) is 0 Å². The Morgan fingerprint density at radius 3 is 3.00 bits per heavy atom. The molecule has 2 unspecified atom stereocenters. The average molecular weight is 358 g/mol. The van der Waals surface area contributed by atoms with Crippen LogP contribution in [0.3, 0.4) is 0 Å². The number of amides is 1. The molecular formula is C15H20BrNO2S. The molecule has 0 bridgehead atoms. The smallest absolute Gasteiger partial charge is 0.263 e. The fourth-order valence-electron chi connectivity index (χ4n) is 3.48. The van der Waals surface area contributed by atoms with Crippen LogP contribution in [0.5, 0.6) is 0 Å². The summed E-state index contributed by atoms with van der Waals surface area (Å²) >= 11 is 4.99. The second kappa shape index (κ2) is 5.43. The minimum atomic E-state index is -0.513. The van der Waals surface area contributed by atoms with E-state index in [1.165, 1.54) is 17.8 Å². The van der Waals surface area contributed by atoms with Crippen LogP contribution >= 0.6 is 27.3 Å². The van der Waals surface area contributed by atoms with Gasteiger partial charge in [-0.2, -0.15) is 0 Å². The van der Waals surface area contributed by atoms with E-state index in [0.29, 0.717) is 13.1 Å². The second-order valence-corrected chi connectivity index (χ2v) is 8.48. The predicted molar refractivity (Wildman–Crippen MR) is 84.2 cm³/mol. The summed E-state index contributed by atoms with van der Waals surface area (Å²) < 4.78 is 1.03. The summed E-state index contributed by atoms with van der Waals surface area (Å²) in [6, 6.07) is 1.96. The molecule has 110 valence electrons. The van der Waals surface area contributed by atoms with Gasteiger partial charge in [0.2, 0.25) is 0 Å². The van der Waals surface area contributed by atoms with Gasteiger partial charge in [-0.25, -0.2) is 0 Å². The molecular weight excluding hydrogens is 338 g/mol. The van der Waals surface area contributed by atoms with Crippen LogP contribution < -0.4 is 0 Å². The highest BCUT2D eigenvalue weighted by atomic mass is 79.9. The molecule has 1 aromatic heterocycles. The number of aryl methyl sites for hydroxylation is 1. The van der Waals surface area contributed by atoms with Crippen LogP contribution in [0.25, 0.3) is 0 Å². The average Bonchev–Trinajstić information content (AvgIpc) is 2.77. The summed E-state index contributed by atoms with van der Waals surface area (Å²) in [6.07, 6.45) is 4.99. The zero-order chi connectivity index (χ0) is 14.3. The monoisotopic (exact) mass is 357 g/mol. The van der Waals surface area contributed by atoms with Gasteiger partial charge in [-0.05, 0) is 53.7 Å². The predicted octanol–water partition coefficient (Wildman–Crippen LogP) is 3.59. The van der Waals surface area contributed by atoms with Crippen molar-refractivity contribution in [2.75, 3.05) is 13.1 Å². The molecule has 0 aromatic carbocycles. The Balaban J connectivity index is 1.74. The molecule has 20 heavy (non-hydrogen) atoms.